The molecule has 0 bridgehead atoms. The van der Waals surface area contributed by atoms with Gasteiger partial charge in [0.1, 0.15) is 11.5 Å². The highest BCUT2D eigenvalue weighted by molar-refractivity contribution is 5.99. The molecule has 0 aromatic heterocycles. The van der Waals surface area contributed by atoms with Crippen LogP contribution in [0.1, 0.15) is 37.0 Å². The Morgan fingerprint density at radius 1 is 1.35 bits per heavy atom. The van der Waals surface area contributed by atoms with Gasteiger partial charge in [0, 0.05) is 19.5 Å². The molecule has 0 aliphatic carbocycles. The molecule has 108 valence electrons. The molecule has 0 N–H and O–H groups in total. The van der Waals surface area contributed by atoms with E-state index in [0.29, 0.717) is 49.6 Å². The molecule has 1 aromatic carbocycles. The van der Waals surface area contributed by atoms with Crippen molar-refractivity contribution in [1.29, 1.82) is 0 Å². The van der Waals surface area contributed by atoms with Crippen LogP contribution in [0.2, 0.25) is 0 Å². The molecule has 1 aliphatic rings. The second-order valence-corrected chi connectivity index (χ2v) is 4.57. The molecular formula is C15H19NO4. The molecule has 0 saturated carbocycles. The molecule has 0 unspecified atom stereocenters. The minimum Gasteiger partial charge on any atom is -0.493 e. The fourth-order valence-corrected chi connectivity index (χ4v) is 2.11. The maximum atomic E-state index is 12.0. The lowest BCUT2D eigenvalue weighted by atomic mass is 10.1. The van der Waals surface area contributed by atoms with Crippen LogP contribution in [-0.2, 0) is 0 Å². The van der Waals surface area contributed by atoms with Gasteiger partial charge in [-0.15, -0.1) is 0 Å². The molecule has 2 rings (SSSR count). The van der Waals surface area contributed by atoms with Crippen molar-refractivity contribution in [2.75, 3.05) is 19.7 Å². The second-order valence-electron chi connectivity index (χ2n) is 4.57. The Bertz CT molecular complexity index is 509. The summed E-state index contributed by atoms with van der Waals surface area (Å²) in [6.07, 6.45) is 0.764. The Morgan fingerprint density at radius 2 is 2.10 bits per heavy atom. The third-order valence-corrected chi connectivity index (χ3v) is 3.28. The number of hydrogen-bond donors (Lipinski definition) is 0. The van der Waals surface area contributed by atoms with Gasteiger partial charge in [-0.3, -0.25) is 4.79 Å². The van der Waals surface area contributed by atoms with Crippen LogP contribution in [0.25, 0.3) is 0 Å². The lowest BCUT2D eigenvalue weighted by molar-refractivity contribution is 0.0982. The van der Waals surface area contributed by atoms with E-state index in [0.717, 1.165) is 0 Å². The summed E-state index contributed by atoms with van der Waals surface area (Å²) in [4.78, 5) is 25.4. The first-order chi connectivity index (χ1) is 9.65. The number of ketones is 1. The van der Waals surface area contributed by atoms with Gasteiger partial charge in [0.25, 0.3) is 0 Å². The zero-order valence-electron chi connectivity index (χ0n) is 11.8. The molecule has 5 nitrogen and oxygen atoms in total. The lowest BCUT2D eigenvalue weighted by Crippen LogP contribution is -2.33. The zero-order valence-corrected chi connectivity index (χ0v) is 11.8. The average molecular weight is 277 g/mol. The Kier molecular flexibility index (Phi) is 4.61. The normalized spacial score (nSPS) is 14.0. The molecule has 0 radical (unpaired) electrons. The molecule has 5 heteroatoms. The summed E-state index contributed by atoms with van der Waals surface area (Å²) in [5, 5.41) is 0. The predicted octanol–water partition coefficient (Wildman–Crippen LogP) is 2.88. The zero-order chi connectivity index (χ0) is 14.5. The number of carbonyl (C=O) groups is 2. The second kappa shape index (κ2) is 6.41. The summed E-state index contributed by atoms with van der Waals surface area (Å²) in [6.45, 7) is 5.49. The average Bonchev–Trinajstić information content (AvgIpc) is 2.62. The van der Waals surface area contributed by atoms with Crippen LogP contribution in [0, 0.1) is 0 Å². The quantitative estimate of drug-likeness (QED) is 0.852. The number of benzene rings is 1. The number of hydrogen-bond acceptors (Lipinski definition) is 4. The highest BCUT2D eigenvalue weighted by Crippen LogP contribution is 2.28. The predicted molar refractivity (Wildman–Crippen MR) is 74.4 cm³/mol. The van der Waals surface area contributed by atoms with Crippen LogP contribution in [0.5, 0.6) is 11.5 Å². The first-order valence-electron chi connectivity index (χ1n) is 6.92. The van der Waals surface area contributed by atoms with Crippen molar-refractivity contribution in [2.45, 2.75) is 26.7 Å². The third kappa shape index (κ3) is 3.10. The van der Waals surface area contributed by atoms with Crippen molar-refractivity contribution >= 4 is 11.9 Å². The molecule has 1 aromatic rings. The molecule has 1 amide bonds. The van der Waals surface area contributed by atoms with Crippen molar-refractivity contribution < 1.29 is 19.1 Å². The van der Waals surface area contributed by atoms with E-state index in [1.54, 1.807) is 23.1 Å². The molecule has 1 aliphatic heterocycles. The van der Waals surface area contributed by atoms with Gasteiger partial charge in [-0.2, -0.15) is 0 Å². The summed E-state index contributed by atoms with van der Waals surface area (Å²) < 4.78 is 10.8. The van der Waals surface area contributed by atoms with Crippen LogP contribution in [-0.4, -0.2) is 36.5 Å². The minimum atomic E-state index is -0.406. The SMILES string of the molecule is CCN(CC)C(=O)Oc1ccc2c(c1)C(=O)CCCO2. The van der Waals surface area contributed by atoms with E-state index < -0.39 is 6.09 Å². The largest absolute Gasteiger partial charge is 0.493 e. The molecule has 20 heavy (non-hydrogen) atoms. The van der Waals surface area contributed by atoms with Gasteiger partial charge in [-0.1, -0.05) is 0 Å². The van der Waals surface area contributed by atoms with Crippen LogP contribution in [0.4, 0.5) is 4.79 Å². The van der Waals surface area contributed by atoms with Gasteiger partial charge in [0.2, 0.25) is 0 Å². The van der Waals surface area contributed by atoms with E-state index in [1.807, 2.05) is 13.8 Å². The number of rotatable bonds is 3. The molecule has 0 spiro atoms. The summed E-state index contributed by atoms with van der Waals surface area (Å²) in [7, 11) is 0. The van der Waals surface area contributed by atoms with Gasteiger partial charge < -0.3 is 14.4 Å². The fraction of sp³-hybridized carbons (Fsp3) is 0.467. The highest BCUT2D eigenvalue weighted by Gasteiger charge is 2.19. The monoisotopic (exact) mass is 277 g/mol. The smallest absolute Gasteiger partial charge is 0.415 e. The van der Waals surface area contributed by atoms with Crippen LogP contribution < -0.4 is 9.47 Å². The van der Waals surface area contributed by atoms with Crippen molar-refractivity contribution in [3.05, 3.63) is 23.8 Å². The summed E-state index contributed by atoms with van der Waals surface area (Å²) in [5.74, 6) is 0.966. The molecule has 1 heterocycles. The maximum Gasteiger partial charge on any atom is 0.415 e. The number of Topliss-reactive ketones (excluding diaryl/α,β-unsaturated/α-hetero) is 1. The third-order valence-electron chi connectivity index (χ3n) is 3.28. The maximum absolute atomic E-state index is 12.0. The summed E-state index contributed by atoms with van der Waals surface area (Å²) in [5.41, 5.74) is 0.493. The van der Waals surface area contributed by atoms with Crippen molar-refractivity contribution in [2.24, 2.45) is 0 Å². The van der Waals surface area contributed by atoms with E-state index in [2.05, 4.69) is 0 Å². The topological polar surface area (TPSA) is 55.8 Å². The Morgan fingerprint density at radius 3 is 2.80 bits per heavy atom. The number of ether oxygens (including phenoxy) is 2. The Hall–Kier alpha value is -2.04. The van der Waals surface area contributed by atoms with E-state index >= 15 is 0 Å². The first kappa shape index (κ1) is 14.4. The number of nitrogens with zero attached hydrogens (tertiary/aromatic N) is 1. The molecule has 0 saturated heterocycles. The minimum absolute atomic E-state index is 0.0261. The van der Waals surface area contributed by atoms with Gasteiger partial charge >= 0.3 is 6.09 Å². The van der Waals surface area contributed by atoms with E-state index in [-0.39, 0.29) is 5.78 Å². The summed E-state index contributed by atoms with van der Waals surface area (Å²) in [6, 6.07) is 4.92. The summed E-state index contributed by atoms with van der Waals surface area (Å²) >= 11 is 0. The van der Waals surface area contributed by atoms with Crippen molar-refractivity contribution in [3.8, 4) is 11.5 Å². The molecule has 0 fully saturated rings. The van der Waals surface area contributed by atoms with Crippen LogP contribution in [0.15, 0.2) is 18.2 Å². The van der Waals surface area contributed by atoms with Gasteiger partial charge in [-0.05, 0) is 38.5 Å². The van der Waals surface area contributed by atoms with Crippen LogP contribution in [0.3, 0.4) is 0 Å². The van der Waals surface area contributed by atoms with Gasteiger partial charge in [0.05, 0.1) is 12.2 Å². The standard InChI is InChI=1S/C15H19NO4/c1-3-16(4-2)15(18)20-11-7-8-14-12(10-11)13(17)6-5-9-19-14/h7-8,10H,3-6,9H2,1-2H3. The van der Waals surface area contributed by atoms with Crippen molar-refractivity contribution in [1.82, 2.24) is 4.90 Å². The number of amides is 1. The first-order valence-corrected chi connectivity index (χ1v) is 6.92. The Labute approximate surface area is 118 Å². The number of carbonyl (C=O) groups excluding carboxylic acids is 2. The van der Waals surface area contributed by atoms with Gasteiger partial charge in [-0.25, -0.2) is 4.79 Å². The molecule has 0 atom stereocenters. The molecular weight excluding hydrogens is 258 g/mol. The van der Waals surface area contributed by atoms with Crippen molar-refractivity contribution in [3.63, 3.8) is 0 Å². The highest BCUT2D eigenvalue weighted by atomic mass is 16.6. The van der Waals surface area contributed by atoms with E-state index in [9.17, 15) is 9.59 Å². The van der Waals surface area contributed by atoms with Gasteiger partial charge in [0.15, 0.2) is 5.78 Å². The van der Waals surface area contributed by atoms with E-state index in [1.165, 1.54) is 0 Å². The van der Waals surface area contributed by atoms with E-state index in [4.69, 9.17) is 9.47 Å². The fourth-order valence-electron chi connectivity index (χ4n) is 2.11. The Balaban J connectivity index is 2.18. The number of fused-ring (bicyclic) bond motifs is 1. The van der Waals surface area contributed by atoms with Crippen LogP contribution >= 0.6 is 0 Å². The lowest BCUT2D eigenvalue weighted by Gasteiger charge is -2.18.